The van der Waals surface area contributed by atoms with E-state index in [1.165, 1.54) is 0 Å². The molecular weight excluding hydrogens is 382 g/mol. The Labute approximate surface area is 176 Å². The van der Waals surface area contributed by atoms with E-state index in [-0.39, 0.29) is 23.6 Å². The summed E-state index contributed by atoms with van der Waals surface area (Å²) < 4.78 is 11.0. The van der Waals surface area contributed by atoms with Crippen LogP contribution in [0, 0.1) is 11.3 Å². The van der Waals surface area contributed by atoms with Crippen molar-refractivity contribution >= 4 is 23.4 Å². The maximum absolute atomic E-state index is 12.9. The lowest BCUT2D eigenvalue weighted by Crippen LogP contribution is -2.28. The molecule has 0 saturated heterocycles. The molecule has 0 saturated carbocycles. The Hall–Kier alpha value is -3.35. The highest BCUT2D eigenvalue weighted by molar-refractivity contribution is 6.06. The van der Waals surface area contributed by atoms with Crippen molar-refractivity contribution in [1.82, 2.24) is 0 Å². The van der Waals surface area contributed by atoms with E-state index in [1.807, 2.05) is 25.1 Å². The number of amides is 1. The number of hydrogen-bond donors (Lipinski definition) is 2. The summed E-state index contributed by atoms with van der Waals surface area (Å²) in [5.74, 6) is 0.429. The second-order valence-corrected chi connectivity index (χ2v) is 7.45. The molecule has 0 spiro atoms. The van der Waals surface area contributed by atoms with Crippen molar-refractivity contribution < 1.29 is 19.1 Å². The molecule has 1 heterocycles. The van der Waals surface area contributed by atoms with Crippen molar-refractivity contribution in [2.45, 2.75) is 26.2 Å². The van der Waals surface area contributed by atoms with Gasteiger partial charge in [-0.2, -0.15) is 0 Å². The molecule has 1 aliphatic heterocycles. The first kappa shape index (κ1) is 21.4. The minimum atomic E-state index is -0.202. The topological polar surface area (TPSA) is 106 Å². The first-order chi connectivity index (χ1) is 14.4. The van der Waals surface area contributed by atoms with Crippen LogP contribution in [-0.2, 0) is 16.0 Å². The number of rotatable bonds is 7. The van der Waals surface area contributed by atoms with Gasteiger partial charge in [-0.15, -0.1) is 0 Å². The number of carbonyl (C=O) groups excluding carboxylic acids is 2. The van der Waals surface area contributed by atoms with Crippen LogP contribution in [0.4, 0.5) is 5.69 Å². The summed E-state index contributed by atoms with van der Waals surface area (Å²) in [5, 5.41) is 7.45. The number of nitrogen functional groups attached to an aromatic ring is 1. The largest absolute Gasteiger partial charge is 0.493 e. The number of nitrogens with one attached hydrogen (secondary N) is 1. The van der Waals surface area contributed by atoms with Gasteiger partial charge in [0.25, 0.3) is 5.91 Å². The monoisotopic (exact) mass is 409 g/mol. The van der Waals surface area contributed by atoms with E-state index >= 15 is 0 Å². The molecule has 1 aliphatic rings. The summed E-state index contributed by atoms with van der Waals surface area (Å²) >= 11 is 0. The van der Waals surface area contributed by atoms with E-state index in [0.717, 1.165) is 23.4 Å². The molecule has 3 rings (SSSR count). The quantitative estimate of drug-likeness (QED) is 0.415. The van der Waals surface area contributed by atoms with Crippen LogP contribution in [0.15, 0.2) is 42.5 Å². The Morgan fingerprint density at radius 2 is 1.90 bits per heavy atom. The summed E-state index contributed by atoms with van der Waals surface area (Å²) in [6.45, 7) is 2.88. The first-order valence-electron chi connectivity index (χ1n) is 10.0. The molecule has 0 aliphatic carbocycles. The normalized spacial score (nSPS) is 14.9. The summed E-state index contributed by atoms with van der Waals surface area (Å²) in [7, 11) is 1.71. The van der Waals surface area contributed by atoms with Crippen molar-refractivity contribution in [1.29, 1.82) is 5.41 Å². The van der Waals surface area contributed by atoms with E-state index in [2.05, 4.69) is 0 Å². The van der Waals surface area contributed by atoms with Gasteiger partial charge in [-0.05, 0) is 48.7 Å². The summed E-state index contributed by atoms with van der Waals surface area (Å²) in [5.41, 5.74) is 8.26. The molecule has 7 heteroatoms. The van der Waals surface area contributed by atoms with Gasteiger partial charge in [-0.3, -0.25) is 15.0 Å². The Bertz CT molecular complexity index is 940. The third kappa shape index (κ3) is 4.97. The number of nitrogens with two attached hydrogens (primary N) is 1. The second kappa shape index (κ2) is 9.43. The van der Waals surface area contributed by atoms with Crippen molar-refractivity contribution in [3.05, 3.63) is 59.2 Å². The van der Waals surface area contributed by atoms with E-state index < -0.39 is 0 Å². The van der Waals surface area contributed by atoms with Crippen molar-refractivity contribution in [3.63, 3.8) is 0 Å². The van der Waals surface area contributed by atoms with E-state index in [9.17, 15) is 9.59 Å². The molecule has 1 unspecified atom stereocenters. The van der Waals surface area contributed by atoms with E-state index in [0.29, 0.717) is 37.2 Å². The molecule has 1 atom stereocenters. The van der Waals surface area contributed by atoms with Gasteiger partial charge < -0.3 is 20.1 Å². The zero-order valence-corrected chi connectivity index (χ0v) is 17.3. The minimum Gasteiger partial charge on any atom is -0.493 e. The Morgan fingerprint density at radius 1 is 1.20 bits per heavy atom. The number of hydrogen-bond acceptors (Lipinski definition) is 5. The Morgan fingerprint density at radius 3 is 2.57 bits per heavy atom. The molecule has 158 valence electrons. The van der Waals surface area contributed by atoms with Gasteiger partial charge in [0, 0.05) is 29.8 Å². The van der Waals surface area contributed by atoms with Gasteiger partial charge in [0.2, 0.25) is 0 Å². The number of carbonyl (C=O) groups is 2. The molecule has 0 bridgehead atoms. The number of anilines is 1. The lowest BCUT2D eigenvalue weighted by atomic mass is 9.93. The molecule has 30 heavy (non-hydrogen) atoms. The van der Waals surface area contributed by atoms with Gasteiger partial charge in [-0.1, -0.05) is 19.1 Å². The van der Waals surface area contributed by atoms with Crippen molar-refractivity contribution in [2.24, 2.45) is 11.7 Å². The van der Waals surface area contributed by atoms with Crippen LogP contribution in [0.3, 0.4) is 0 Å². The number of ether oxygens (including phenoxy) is 2. The minimum absolute atomic E-state index is 0.0369. The van der Waals surface area contributed by atoms with E-state index in [4.69, 9.17) is 20.6 Å². The highest BCUT2D eigenvalue weighted by Gasteiger charge is 2.24. The predicted octanol–water partition coefficient (Wildman–Crippen LogP) is 3.14. The third-order valence-corrected chi connectivity index (χ3v) is 5.08. The summed E-state index contributed by atoms with van der Waals surface area (Å²) in [6.07, 6.45) is 1.82. The second-order valence-electron chi connectivity index (χ2n) is 7.45. The Balaban J connectivity index is 1.70. The lowest BCUT2D eigenvalue weighted by Gasteiger charge is -2.26. The smallest absolute Gasteiger partial charge is 0.306 e. The molecule has 0 aromatic heterocycles. The standard InChI is InChI=1S/C23H27N3O4/c1-3-10-29-21(27)12-15-11-18-13-19(8-9-20(18)30-14-15)26(2)23(28)17-6-4-16(5-7-17)22(24)25/h4-9,13,15H,3,10-12,14H2,1-2H3,(H3,24,25). The fourth-order valence-corrected chi connectivity index (χ4v) is 3.40. The Kier molecular flexibility index (Phi) is 6.72. The van der Waals surface area contributed by atoms with Crippen LogP contribution in [-0.4, -0.2) is 38.0 Å². The van der Waals surface area contributed by atoms with Gasteiger partial charge in [0.05, 0.1) is 19.6 Å². The molecule has 0 radical (unpaired) electrons. The molecule has 7 nitrogen and oxygen atoms in total. The average molecular weight is 409 g/mol. The van der Waals surface area contributed by atoms with Crippen LogP contribution in [0.2, 0.25) is 0 Å². The van der Waals surface area contributed by atoms with Crippen LogP contribution >= 0.6 is 0 Å². The summed E-state index contributed by atoms with van der Waals surface area (Å²) in [4.78, 5) is 26.3. The van der Waals surface area contributed by atoms with Crippen molar-refractivity contribution in [3.8, 4) is 5.75 Å². The van der Waals surface area contributed by atoms with Gasteiger partial charge >= 0.3 is 5.97 Å². The first-order valence-corrected chi connectivity index (χ1v) is 10.0. The maximum atomic E-state index is 12.9. The van der Waals surface area contributed by atoms with Crippen LogP contribution in [0.5, 0.6) is 5.75 Å². The van der Waals surface area contributed by atoms with Gasteiger partial charge in [0.1, 0.15) is 11.6 Å². The van der Waals surface area contributed by atoms with Gasteiger partial charge in [-0.25, -0.2) is 0 Å². The fraction of sp³-hybridized carbons (Fsp3) is 0.348. The number of fused-ring (bicyclic) bond motifs is 1. The maximum Gasteiger partial charge on any atom is 0.306 e. The number of benzene rings is 2. The molecular formula is C23H27N3O4. The lowest BCUT2D eigenvalue weighted by molar-refractivity contribution is -0.145. The highest BCUT2D eigenvalue weighted by Crippen LogP contribution is 2.32. The van der Waals surface area contributed by atoms with Crippen LogP contribution in [0.25, 0.3) is 0 Å². The average Bonchev–Trinajstić information content (AvgIpc) is 2.76. The SMILES string of the molecule is CCCOC(=O)CC1COc2ccc(N(C)C(=O)c3ccc(C(=N)N)cc3)cc2C1. The van der Waals surface area contributed by atoms with E-state index in [1.54, 1.807) is 36.2 Å². The third-order valence-electron chi connectivity index (χ3n) is 5.08. The number of nitrogens with zero attached hydrogens (tertiary/aromatic N) is 1. The fourth-order valence-electron chi connectivity index (χ4n) is 3.40. The van der Waals surface area contributed by atoms with Crippen molar-refractivity contribution in [2.75, 3.05) is 25.2 Å². The zero-order valence-electron chi connectivity index (χ0n) is 17.3. The van der Waals surface area contributed by atoms with Gasteiger partial charge in [0.15, 0.2) is 0 Å². The predicted molar refractivity (Wildman–Crippen MR) is 115 cm³/mol. The summed E-state index contributed by atoms with van der Waals surface area (Å²) in [6, 6.07) is 12.3. The molecule has 2 aromatic rings. The zero-order chi connectivity index (χ0) is 21.7. The van der Waals surface area contributed by atoms with Crippen LogP contribution in [0.1, 0.15) is 41.3 Å². The number of amidine groups is 1. The molecule has 0 fully saturated rings. The number of esters is 1. The highest BCUT2D eigenvalue weighted by atomic mass is 16.5. The van der Waals surface area contributed by atoms with Crippen LogP contribution < -0.4 is 15.4 Å². The molecule has 1 amide bonds. The molecule has 2 aromatic carbocycles. The molecule has 3 N–H and O–H groups in total.